The molecule has 2 unspecified atom stereocenters. The third kappa shape index (κ3) is 59.8. The largest absolute Gasteiger partial charge is 0.466 e. The Morgan fingerprint density at radius 2 is 0.622 bits per heavy atom. The van der Waals surface area contributed by atoms with Gasteiger partial charge in [-0.25, -0.2) is 0 Å². The van der Waals surface area contributed by atoms with Crippen LogP contribution < -0.4 is 5.32 Å². The summed E-state index contributed by atoms with van der Waals surface area (Å²) < 4.78 is 5.49. The molecule has 0 rings (SSSR count). The maximum atomic E-state index is 12.5. The van der Waals surface area contributed by atoms with Crippen molar-refractivity contribution in [2.45, 2.75) is 398 Å². The van der Waals surface area contributed by atoms with Crippen LogP contribution in [0.1, 0.15) is 386 Å². The van der Waals surface area contributed by atoms with Crippen molar-refractivity contribution in [3.8, 4) is 0 Å². The summed E-state index contributed by atoms with van der Waals surface area (Å²) in [5, 5.41) is 23.2. The van der Waals surface area contributed by atoms with Crippen molar-refractivity contribution in [1.29, 1.82) is 0 Å². The SMILES string of the molecule is CCCCCCCCCCCCCCCCCCCC/C=C/C(O)C(CO)NC(=O)CCCCCCCCCCCCCCCCCCCCCCCCCOC(=O)CCCCCCCCCCCCCCCC. The molecule has 0 aliphatic carbocycles. The predicted molar refractivity (Wildman–Crippen MR) is 324 cm³/mol. The molecule has 6 heteroatoms. The van der Waals surface area contributed by atoms with E-state index in [2.05, 4.69) is 19.2 Å². The van der Waals surface area contributed by atoms with Crippen LogP contribution in [0.2, 0.25) is 0 Å². The number of allylic oxidation sites excluding steroid dienone is 1. The van der Waals surface area contributed by atoms with Gasteiger partial charge in [-0.2, -0.15) is 0 Å². The number of aliphatic hydroxyl groups is 2. The summed E-state index contributed by atoms with van der Waals surface area (Å²) >= 11 is 0. The lowest BCUT2D eigenvalue weighted by molar-refractivity contribution is -0.143. The van der Waals surface area contributed by atoms with E-state index < -0.39 is 12.1 Å². The molecule has 0 fully saturated rings. The van der Waals surface area contributed by atoms with E-state index in [9.17, 15) is 19.8 Å². The average molecular weight is 1040 g/mol. The second kappa shape index (κ2) is 64.1. The second-order valence-electron chi connectivity index (χ2n) is 23.5. The van der Waals surface area contributed by atoms with Crippen molar-refractivity contribution in [1.82, 2.24) is 5.32 Å². The van der Waals surface area contributed by atoms with Crippen molar-refractivity contribution in [2.75, 3.05) is 13.2 Å². The van der Waals surface area contributed by atoms with Gasteiger partial charge in [0.05, 0.1) is 25.4 Å². The lowest BCUT2D eigenvalue weighted by Crippen LogP contribution is -2.45. The lowest BCUT2D eigenvalue weighted by atomic mass is 10.0. The Balaban J connectivity index is 3.39. The van der Waals surface area contributed by atoms with Gasteiger partial charge in [-0.05, 0) is 32.1 Å². The van der Waals surface area contributed by atoms with E-state index in [0.29, 0.717) is 19.4 Å². The zero-order valence-corrected chi connectivity index (χ0v) is 50.4. The fourth-order valence-electron chi connectivity index (χ4n) is 10.9. The van der Waals surface area contributed by atoms with Crippen molar-refractivity contribution in [2.24, 2.45) is 0 Å². The monoisotopic (exact) mass is 1040 g/mol. The van der Waals surface area contributed by atoms with Gasteiger partial charge in [-0.15, -0.1) is 0 Å². The normalized spacial score (nSPS) is 12.5. The third-order valence-electron chi connectivity index (χ3n) is 16.1. The van der Waals surface area contributed by atoms with Crippen LogP contribution in [0, 0.1) is 0 Å². The molecule has 0 spiro atoms. The Hall–Kier alpha value is -1.40. The molecular weight excluding hydrogens is 911 g/mol. The van der Waals surface area contributed by atoms with Gasteiger partial charge in [0.1, 0.15) is 0 Å². The van der Waals surface area contributed by atoms with Gasteiger partial charge in [0, 0.05) is 12.8 Å². The van der Waals surface area contributed by atoms with Gasteiger partial charge >= 0.3 is 5.97 Å². The fraction of sp³-hybridized carbons (Fsp3) is 0.941. The van der Waals surface area contributed by atoms with Crippen LogP contribution in [0.25, 0.3) is 0 Å². The maximum Gasteiger partial charge on any atom is 0.305 e. The topological polar surface area (TPSA) is 95.9 Å². The molecule has 3 N–H and O–H groups in total. The maximum absolute atomic E-state index is 12.5. The van der Waals surface area contributed by atoms with Gasteiger partial charge in [-0.1, -0.05) is 353 Å². The molecule has 0 aromatic carbocycles. The van der Waals surface area contributed by atoms with E-state index in [0.717, 1.165) is 38.5 Å². The summed E-state index contributed by atoms with van der Waals surface area (Å²) in [4.78, 5) is 24.6. The van der Waals surface area contributed by atoms with E-state index in [1.54, 1.807) is 6.08 Å². The molecule has 0 aliphatic rings. The highest BCUT2D eigenvalue weighted by Gasteiger charge is 2.18. The number of hydrogen-bond donors (Lipinski definition) is 3. The molecular formula is C68H133NO5. The quantitative estimate of drug-likeness (QED) is 0.0320. The Labute approximate surface area is 463 Å². The van der Waals surface area contributed by atoms with E-state index in [-0.39, 0.29) is 18.5 Å². The first-order valence-corrected chi connectivity index (χ1v) is 34.0. The van der Waals surface area contributed by atoms with Crippen LogP contribution in [-0.4, -0.2) is 47.4 Å². The molecule has 0 aromatic rings. The summed E-state index contributed by atoms with van der Waals surface area (Å²) in [6.45, 7) is 4.95. The highest BCUT2D eigenvalue weighted by atomic mass is 16.5. The molecule has 440 valence electrons. The minimum absolute atomic E-state index is 0.0171. The number of aliphatic hydroxyl groups excluding tert-OH is 2. The molecule has 74 heavy (non-hydrogen) atoms. The zero-order valence-electron chi connectivity index (χ0n) is 50.4. The highest BCUT2D eigenvalue weighted by molar-refractivity contribution is 5.76. The van der Waals surface area contributed by atoms with E-state index in [1.165, 1.54) is 321 Å². The van der Waals surface area contributed by atoms with Crippen LogP contribution in [0.4, 0.5) is 0 Å². The number of hydrogen-bond acceptors (Lipinski definition) is 5. The molecule has 0 aromatic heterocycles. The third-order valence-corrected chi connectivity index (χ3v) is 16.1. The van der Waals surface area contributed by atoms with Crippen LogP contribution in [-0.2, 0) is 14.3 Å². The average Bonchev–Trinajstić information content (AvgIpc) is 3.40. The van der Waals surface area contributed by atoms with Crippen LogP contribution in [0.5, 0.6) is 0 Å². The first kappa shape index (κ1) is 72.6. The van der Waals surface area contributed by atoms with Crippen molar-refractivity contribution in [3.05, 3.63) is 12.2 Å². The molecule has 0 heterocycles. The lowest BCUT2D eigenvalue weighted by Gasteiger charge is -2.20. The molecule has 2 atom stereocenters. The Morgan fingerprint density at radius 1 is 0.365 bits per heavy atom. The van der Waals surface area contributed by atoms with Gasteiger partial charge in [0.25, 0.3) is 0 Å². The number of carbonyl (C=O) groups excluding carboxylic acids is 2. The van der Waals surface area contributed by atoms with Gasteiger partial charge in [0.2, 0.25) is 5.91 Å². The summed E-state index contributed by atoms with van der Waals surface area (Å²) in [6.07, 6.45) is 78.4. The first-order chi connectivity index (χ1) is 36.5. The molecule has 0 saturated carbocycles. The van der Waals surface area contributed by atoms with Crippen LogP contribution in [0.15, 0.2) is 12.2 Å². The molecule has 1 amide bonds. The molecule has 0 bridgehead atoms. The molecule has 0 saturated heterocycles. The van der Waals surface area contributed by atoms with Crippen molar-refractivity contribution < 1.29 is 24.5 Å². The standard InChI is InChI=1S/C68H133NO5/c1-3-5-7-9-11-13-15-17-19-20-21-27-30-33-36-40-44-48-52-56-60-66(71)65(64-70)69-67(72)61-57-53-49-45-41-37-34-31-28-25-23-22-24-26-29-32-35-39-43-47-51-55-59-63-74-68(73)62-58-54-50-46-42-38-18-16-14-12-10-8-6-4-2/h56,60,65-66,70-71H,3-55,57-59,61-64H2,1-2H3,(H,69,72)/b60-56+. The Kier molecular flexibility index (Phi) is 62.9. The summed E-state index contributed by atoms with van der Waals surface area (Å²) in [5.74, 6) is -0.0461. The second-order valence-corrected chi connectivity index (χ2v) is 23.5. The first-order valence-electron chi connectivity index (χ1n) is 34.0. The van der Waals surface area contributed by atoms with Gasteiger partial charge in [-0.3, -0.25) is 9.59 Å². The Morgan fingerprint density at radius 3 is 0.919 bits per heavy atom. The zero-order chi connectivity index (χ0) is 53.6. The number of esters is 1. The summed E-state index contributed by atoms with van der Waals surface area (Å²) in [5.41, 5.74) is 0. The van der Waals surface area contributed by atoms with Crippen LogP contribution in [0.3, 0.4) is 0 Å². The number of ether oxygens (including phenoxy) is 1. The minimum Gasteiger partial charge on any atom is -0.466 e. The predicted octanol–water partition coefficient (Wildman–Crippen LogP) is 21.6. The highest BCUT2D eigenvalue weighted by Crippen LogP contribution is 2.19. The van der Waals surface area contributed by atoms with E-state index >= 15 is 0 Å². The number of nitrogens with one attached hydrogen (secondary N) is 1. The van der Waals surface area contributed by atoms with Gasteiger partial charge in [0.15, 0.2) is 0 Å². The fourth-order valence-corrected chi connectivity index (χ4v) is 10.9. The molecule has 0 aliphatic heterocycles. The van der Waals surface area contributed by atoms with E-state index in [4.69, 9.17) is 4.74 Å². The van der Waals surface area contributed by atoms with Crippen molar-refractivity contribution >= 4 is 11.9 Å². The smallest absolute Gasteiger partial charge is 0.305 e. The molecule has 0 radical (unpaired) electrons. The number of carbonyl (C=O) groups is 2. The number of unbranched alkanes of at least 4 members (excludes halogenated alkanes) is 53. The number of rotatable bonds is 64. The Bertz CT molecular complexity index is 1110. The minimum atomic E-state index is -0.844. The summed E-state index contributed by atoms with van der Waals surface area (Å²) in [7, 11) is 0. The van der Waals surface area contributed by atoms with Gasteiger partial charge < -0.3 is 20.3 Å². The number of amides is 1. The van der Waals surface area contributed by atoms with E-state index in [1.807, 2.05) is 6.08 Å². The van der Waals surface area contributed by atoms with Crippen molar-refractivity contribution in [3.63, 3.8) is 0 Å². The van der Waals surface area contributed by atoms with Crippen LogP contribution >= 0.6 is 0 Å². The molecule has 6 nitrogen and oxygen atoms in total. The summed E-state index contributed by atoms with van der Waals surface area (Å²) in [6, 6.07) is -0.627.